The third kappa shape index (κ3) is 3.07. The van der Waals surface area contributed by atoms with Crippen LogP contribution in [0.4, 0.5) is 0 Å². The number of nitrogens with zero attached hydrogens (tertiary/aromatic N) is 2. The Hall–Kier alpha value is -1.49. The van der Waals surface area contributed by atoms with Gasteiger partial charge in [-0.25, -0.2) is 0 Å². The molecular weight excluding hydrogens is 176 g/mol. The molecule has 12 heavy (non-hydrogen) atoms. The second kappa shape index (κ2) is 4.40. The molecule has 0 radical (unpaired) electrons. The Labute approximate surface area is 71.3 Å². The zero-order valence-corrected chi connectivity index (χ0v) is 6.90. The Balaban J connectivity index is 2.77. The molecule has 62 valence electrons. The highest BCUT2D eigenvalue weighted by molar-refractivity contribution is 7.61. The van der Waals surface area contributed by atoms with Crippen LogP contribution in [0.15, 0.2) is 39.9 Å². The highest BCUT2D eigenvalue weighted by atomic mass is 32.2. The molecule has 0 unspecified atom stereocenters. The van der Waals surface area contributed by atoms with Crippen molar-refractivity contribution < 1.29 is 8.42 Å². The van der Waals surface area contributed by atoms with Crippen molar-refractivity contribution in [1.82, 2.24) is 0 Å². The first kappa shape index (κ1) is 8.61. The average molecular weight is 182 g/mol. The number of hydrogen-bond acceptors (Lipinski definition) is 3. The molecule has 0 aliphatic carbocycles. The summed E-state index contributed by atoms with van der Waals surface area (Å²) < 4.78 is 22.7. The zero-order chi connectivity index (χ0) is 8.81. The molecule has 1 aromatic rings. The summed E-state index contributed by atoms with van der Waals surface area (Å²) in [6.07, 6.45) is 1.37. The summed E-state index contributed by atoms with van der Waals surface area (Å²) >= 11 is 0. The number of rotatable bonds is 2. The van der Waals surface area contributed by atoms with Crippen molar-refractivity contribution in [2.45, 2.75) is 0 Å². The third-order valence-corrected chi connectivity index (χ3v) is 1.35. The smallest absolute Gasteiger partial charge is 0.162 e. The molecule has 1 aromatic carbocycles. The number of hydrogen-bond donors (Lipinski definition) is 0. The fraction of sp³-hybridized carbons (Fsp3) is 0. The summed E-state index contributed by atoms with van der Waals surface area (Å²) in [7, 11) is -2.46. The van der Waals surface area contributed by atoms with E-state index in [1.54, 1.807) is 12.1 Å². The van der Waals surface area contributed by atoms with Gasteiger partial charge in [0.2, 0.25) is 0 Å². The van der Waals surface area contributed by atoms with E-state index < -0.39 is 10.5 Å². The van der Waals surface area contributed by atoms with Crippen LogP contribution < -0.4 is 0 Å². The van der Waals surface area contributed by atoms with E-state index in [1.165, 1.54) is 6.21 Å². The lowest BCUT2D eigenvalue weighted by atomic mass is 10.2. The van der Waals surface area contributed by atoms with Gasteiger partial charge in [0.25, 0.3) is 0 Å². The van der Waals surface area contributed by atoms with Gasteiger partial charge in [0.15, 0.2) is 0 Å². The standard InChI is InChI=1S/C7H6N2O2S/c10-12(11)9-8-6-7-4-2-1-3-5-7/h1-6H. The zero-order valence-electron chi connectivity index (χ0n) is 6.08. The second-order valence-corrected chi connectivity index (χ2v) is 2.55. The summed E-state index contributed by atoms with van der Waals surface area (Å²) in [6.45, 7) is 0. The van der Waals surface area contributed by atoms with Crippen molar-refractivity contribution in [3.63, 3.8) is 0 Å². The molecule has 5 heteroatoms. The van der Waals surface area contributed by atoms with Gasteiger partial charge in [-0.2, -0.15) is 8.42 Å². The molecule has 4 nitrogen and oxygen atoms in total. The van der Waals surface area contributed by atoms with E-state index in [4.69, 9.17) is 0 Å². The van der Waals surface area contributed by atoms with Crippen molar-refractivity contribution in [3.8, 4) is 0 Å². The largest absolute Gasteiger partial charge is 0.334 e. The lowest BCUT2D eigenvalue weighted by Gasteiger charge is -1.85. The van der Waals surface area contributed by atoms with Crippen molar-refractivity contribution in [2.24, 2.45) is 9.57 Å². The predicted octanol–water partition coefficient (Wildman–Crippen LogP) is 1.08. The maximum Gasteiger partial charge on any atom is 0.334 e. The highest BCUT2D eigenvalue weighted by Crippen LogP contribution is 1.93. The maximum absolute atomic E-state index is 9.91. The summed E-state index contributed by atoms with van der Waals surface area (Å²) in [5.41, 5.74) is 0.812. The first-order valence-electron chi connectivity index (χ1n) is 3.17. The molecule has 0 bridgehead atoms. The maximum atomic E-state index is 9.91. The Bertz CT molecular complexity index is 387. The second-order valence-electron chi connectivity index (χ2n) is 1.95. The van der Waals surface area contributed by atoms with E-state index in [0.717, 1.165) is 5.56 Å². The predicted molar refractivity (Wildman–Crippen MR) is 45.4 cm³/mol. The van der Waals surface area contributed by atoms with Crippen molar-refractivity contribution in [3.05, 3.63) is 35.9 Å². The topological polar surface area (TPSA) is 58.9 Å². The molecular formula is C7H6N2O2S. The summed E-state index contributed by atoms with van der Waals surface area (Å²) in [5, 5.41) is 3.33. The van der Waals surface area contributed by atoms with Gasteiger partial charge < -0.3 is 0 Å². The van der Waals surface area contributed by atoms with Crippen LogP contribution in [0, 0.1) is 0 Å². The van der Waals surface area contributed by atoms with E-state index in [-0.39, 0.29) is 0 Å². The minimum Gasteiger partial charge on any atom is -0.162 e. The van der Waals surface area contributed by atoms with Gasteiger partial charge in [0.05, 0.1) is 6.21 Å². The molecule has 0 spiro atoms. The van der Waals surface area contributed by atoms with E-state index in [1.807, 2.05) is 18.2 Å². The van der Waals surface area contributed by atoms with Crippen LogP contribution in [0.2, 0.25) is 0 Å². The average Bonchev–Trinajstić information content (AvgIpc) is 2.05. The summed E-state index contributed by atoms with van der Waals surface area (Å²) in [6, 6.07) is 9.12. The van der Waals surface area contributed by atoms with Crippen LogP contribution in [0.5, 0.6) is 0 Å². The lowest BCUT2D eigenvalue weighted by Crippen LogP contribution is -1.76. The molecule has 0 N–H and O–H groups in total. The summed E-state index contributed by atoms with van der Waals surface area (Å²) in [5.74, 6) is 0. The third-order valence-electron chi connectivity index (χ3n) is 1.12. The highest BCUT2D eigenvalue weighted by Gasteiger charge is 1.81. The van der Waals surface area contributed by atoms with Crippen LogP contribution in [0.25, 0.3) is 0 Å². The normalized spacial score (nSPS) is 10.0. The van der Waals surface area contributed by atoms with E-state index in [9.17, 15) is 8.42 Å². The summed E-state index contributed by atoms with van der Waals surface area (Å²) in [4.78, 5) is 0. The van der Waals surface area contributed by atoms with Gasteiger partial charge in [-0.1, -0.05) is 30.3 Å². The molecule has 0 amide bonds. The minimum atomic E-state index is -2.46. The molecule has 0 aliphatic heterocycles. The lowest BCUT2D eigenvalue weighted by molar-refractivity contribution is 0.621. The fourth-order valence-electron chi connectivity index (χ4n) is 0.668. The molecule has 0 fully saturated rings. The number of benzene rings is 1. The van der Waals surface area contributed by atoms with Gasteiger partial charge >= 0.3 is 10.5 Å². The molecule has 0 atom stereocenters. The first-order valence-corrected chi connectivity index (χ1v) is 4.21. The molecule has 0 aromatic heterocycles. The van der Waals surface area contributed by atoms with Crippen LogP contribution in [-0.2, 0) is 10.5 Å². The van der Waals surface area contributed by atoms with E-state index in [2.05, 4.69) is 9.57 Å². The Kier molecular flexibility index (Phi) is 3.16. The molecule has 1 rings (SSSR count). The molecule has 0 saturated carbocycles. The van der Waals surface area contributed by atoms with Gasteiger partial charge in [-0.15, -0.1) is 5.10 Å². The Morgan fingerprint density at radius 1 is 1.17 bits per heavy atom. The van der Waals surface area contributed by atoms with Crippen LogP contribution in [0.3, 0.4) is 0 Å². The van der Waals surface area contributed by atoms with Gasteiger partial charge in [0, 0.05) is 0 Å². The van der Waals surface area contributed by atoms with Crippen LogP contribution in [-0.4, -0.2) is 14.6 Å². The van der Waals surface area contributed by atoms with Crippen molar-refractivity contribution >= 4 is 16.7 Å². The van der Waals surface area contributed by atoms with E-state index >= 15 is 0 Å². The van der Waals surface area contributed by atoms with Crippen molar-refractivity contribution in [1.29, 1.82) is 0 Å². The van der Waals surface area contributed by atoms with Gasteiger partial charge in [-0.05, 0) is 10.0 Å². The van der Waals surface area contributed by atoms with E-state index in [0.29, 0.717) is 0 Å². The molecule has 0 saturated heterocycles. The van der Waals surface area contributed by atoms with Gasteiger partial charge in [-0.3, -0.25) is 0 Å². The van der Waals surface area contributed by atoms with Gasteiger partial charge in [0.1, 0.15) is 0 Å². The minimum absolute atomic E-state index is 0.812. The fourth-order valence-corrected chi connectivity index (χ4v) is 0.792. The quantitative estimate of drug-likeness (QED) is 0.507. The molecule has 0 heterocycles. The van der Waals surface area contributed by atoms with Crippen LogP contribution >= 0.6 is 0 Å². The van der Waals surface area contributed by atoms with Crippen LogP contribution in [0.1, 0.15) is 5.56 Å². The SMILES string of the molecule is O=S(=O)=NN=Cc1ccccc1. The Morgan fingerprint density at radius 2 is 1.83 bits per heavy atom. The first-order chi connectivity index (χ1) is 5.79. The Morgan fingerprint density at radius 3 is 2.42 bits per heavy atom. The molecule has 0 aliphatic rings. The van der Waals surface area contributed by atoms with Crippen molar-refractivity contribution in [2.75, 3.05) is 0 Å². The monoisotopic (exact) mass is 182 g/mol.